The van der Waals surface area contributed by atoms with E-state index in [1.807, 2.05) is 6.92 Å². The Balaban J connectivity index is 1.42. The molecule has 0 bridgehead atoms. The Labute approximate surface area is 262 Å². The first kappa shape index (κ1) is 31.8. The van der Waals surface area contributed by atoms with Gasteiger partial charge in [0.15, 0.2) is 0 Å². The van der Waals surface area contributed by atoms with Gasteiger partial charge in [0.2, 0.25) is 5.91 Å². The van der Waals surface area contributed by atoms with Crippen molar-refractivity contribution in [2.75, 3.05) is 23.5 Å². The molecule has 0 fully saturated rings. The summed E-state index contributed by atoms with van der Waals surface area (Å²) in [6, 6.07) is 24.2. The van der Waals surface area contributed by atoms with Crippen molar-refractivity contribution in [3.8, 4) is 5.75 Å². The summed E-state index contributed by atoms with van der Waals surface area (Å²) >= 11 is 7.44. The molecule has 0 aliphatic carbocycles. The van der Waals surface area contributed by atoms with Crippen molar-refractivity contribution in [2.45, 2.75) is 11.8 Å². The maximum atomic E-state index is 13.3. The third kappa shape index (κ3) is 8.69. The minimum atomic E-state index is -0.598. The van der Waals surface area contributed by atoms with Crippen molar-refractivity contribution in [1.82, 2.24) is 5.32 Å². The zero-order valence-corrected chi connectivity index (χ0v) is 25.2. The maximum Gasteiger partial charge on any atom is 0.272 e. The van der Waals surface area contributed by atoms with Crippen LogP contribution in [0.3, 0.4) is 0 Å². The lowest BCUT2D eigenvalue weighted by Crippen LogP contribution is -2.30. The molecular formula is C32H27ClN4O6S. The molecule has 4 aromatic carbocycles. The van der Waals surface area contributed by atoms with Crippen LogP contribution in [0.5, 0.6) is 5.75 Å². The monoisotopic (exact) mass is 630 g/mol. The van der Waals surface area contributed by atoms with E-state index >= 15 is 0 Å². The van der Waals surface area contributed by atoms with Gasteiger partial charge in [0, 0.05) is 39.4 Å². The summed E-state index contributed by atoms with van der Waals surface area (Å²) in [4.78, 5) is 49.9. The number of methoxy groups -OCH3 is 1. The molecular weight excluding hydrogens is 604 g/mol. The number of ether oxygens (including phenoxy) is 1. The molecule has 224 valence electrons. The van der Waals surface area contributed by atoms with Crippen LogP contribution >= 0.6 is 23.4 Å². The van der Waals surface area contributed by atoms with Gasteiger partial charge in [-0.1, -0.05) is 29.8 Å². The Bertz CT molecular complexity index is 1710. The quantitative estimate of drug-likeness (QED) is 0.0724. The SMILES string of the molecule is COc1cc(Cl)c(C)cc1NC(=O)CSc1ccc(NC(=O)/C(=C/c2ccc([N+](=O)[O-])cc2)NC(=O)c2ccccc2)cc1. The number of rotatable bonds is 11. The van der Waals surface area contributed by atoms with Crippen LogP contribution in [0, 0.1) is 17.0 Å². The molecule has 4 aromatic rings. The third-order valence-corrected chi connectivity index (χ3v) is 7.60. The van der Waals surface area contributed by atoms with E-state index < -0.39 is 16.7 Å². The van der Waals surface area contributed by atoms with Crippen molar-refractivity contribution >= 4 is 64.2 Å². The van der Waals surface area contributed by atoms with Gasteiger partial charge in [-0.3, -0.25) is 24.5 Å². The Kier molecular flexibility index (Phi) is 10.7. The van der Waals surface area contributed by atoms with Gasteiger partial charge < -0.3 is 20.7 Å². The van der Waals surface area contributed by atoms with E-state index in [0.29, 0.717) is 33.3 Å². The molecule has 10 nitrogen and oxygen atoms in total. The van der Waals surface area contributed by atoms with E-state index in [4.69, 9.17) is 16.3 Å². The number of non-ortho nitro benzene ring substituents is 1. The first-order chi connectivity index (χ1) is 21.1. The van der Waals surface area contributed by atoms with Crippen LogP contribution in [0.1, 0.15) is 21.5 Å². The minimum Gasteiger partial charge on any atom is -0.495 e. The lowest BCUT2D eigenvalue weighted by atomic mass is 10.1. The lowest BCUT2D eigenvalue weighted by molar-refractivity contribution is -0.384. The van der Waals surface area contributed by atoms with Crippen LogP contribution in [0.4, 0.5) is 17.1 Å². The molecule has 0 heterocycles. The minimum absolute atomic E-state index is 0.0595. The highest BCUT2D eigenvalue weighted by atomic mass is 35.5. The van der Waals surface area contributed by atoms with Crippen LogP contribution in [-0.2, 0) is 9.59 Å². The fourth-order valence-electron chi connectivity index (χ4n) is 3.90. The summed E-state index contributed by atoms with van der Waals surface area (Å²) in [5, 5.41) is 19.8. The van der Waals surface area contributed by atoms with Gasteiger partial charge in [-0.2, -0.15) is 0 Å². The molecule has 0 aromatic heterocycles. The normalized spacial score (nSPS) is 10.9. The molecule has 12 heteroatoms. The second kappa shape index (κ2) is 14.9. The summed E-state index contributed by atoms with van der Waals surface area (Å²) in [6.07, 6.45) is 1.43. The van der Waals surface area contributed by atoms with Crippen LogP contribution in [-0.4, -0.2) is 35.5 Å². The molecule has 3 N–H and O–H groups in total. The zero-order chi connectivity index (χ0) is 31.6. The van der Waals surface area contributed by atoms with Crippen molar-refractivity contribution in [3.63, 3.8) is 0 Å². The van der Waals surface area contributed by atoms with E-state index in [2.05, 4.69) is 16.0 Å². The van der Waals surface area contributed by atoms with Crippen LogP contribution < -0.4 is 20.7 Å². The summed E-state index contributed by atoms with van der Waals surface area (Å²) in [6.45, 7) is 1.83. The third-order valence-electron chi connectivity index (χ3n) is 6.18. The number of carbonyl (C=O) groups is 3. The number of nitro benzene ring substituents is 1. The van der Waals surface area contributed by atoms with E-state index in [0.717, 1.165) is 10.5 Å². The number of thioether (sulfide) groups is 1. The smallest absolute Gasteiger partial charge is 0.272 e. The highest BCUT2D eigenvalue weighted by molar-refractivity contribution is 8.00. The number of amides is 3. The first-order valence-corrected chi connectivity index (χ1v) is 14.5. The summed E-state index contributed by atoms with van der Waals surface area (Å²) in [5.74, 6) is -0.738. The Morgan fingerprint density at radius 2 is 1.64 bits per heavy atom. The van der Waals surface area contributed by atoms with Gasteiger partial charge in [0.1, 0.15) is 11.4 Å². The molecule has 44 heavy (non-hydrogen) atoms. The first-order valence-electron chi connectivity index (χ1n) is 13.1. The fourth-order valence-corrected chi connectivity index (χ4v) is 4.75. The summed E-state index contributed by atoms with van der Waals surface area (Å²) in [7, 11) is 1.50. The summed E-state index contributed by atoms with van der Waals surface area (Å²) < 4.78 is 5.30. The molecule has 0 spiro atoms. The van der Waals surface area contributed by atoms with Gasteiger partial charge in [0.25, 0.3) is 17.5 Å². The Morgan fingerprint density at radius 3 is 2.27 bits per heavy atom. The highest BCUT2D eigenvalue weighted by Crippen LogP contribution is 2.31. The van der Waals surface area contributed by atoms with Crippen LogP contribution in [0.2, 0.25) is 5.02 Å². The fraction of sp³-hybridized carbons (Fsp3) is 0.0938. The molecule has 0 aliphatic heterocycles. The van der Waals surface area contributed by atoms with Gasteiger partial charge in [0.05, 0.1) is 23.5 Å². The molecule has 0 atom stereocenters. The van der Waals surface area contributed by atoms with Gasteiger partial charge >= 0.3 is 0 Å². The van der Waals surface area contributed by atoms with E-state index in [9.17, 15) is 24.5 Å². The van der Waals surface area contributed by atoms with E-state index in [-0.39, 0.29) is 23.0 Å². The topological polar surface area (TPSA) is 140 Å². The number of hydrogen-bond acceptors (Lipinski definition) is 7. The van der Waals surface area contributed by atoms with E-state index in [1.165, 1.54) is 49.2 Å². The van der Waals surface area contributed by atoms with Crippen molar-refractivity contribution < 1.29 is 24.0 Å². The Hall–Kier alpha value is -5.13. The number of aryl methyl sites for hydroxylation is 1. The molecule has 3 amide bonds. The number of benzene rings is 4. The number of anilines is 2. The predicted molar refractivity (Wildman–Crippen MR) is 172 cm³/mol. The van der Waals surface area contributed by atoms with Crippen LogP contribution in [0.25, 0.3) is 6.08 Å². The number of hydrogen-bond donors (Lipinski definition) is 3. The van der Waals surface area contributed by atoms with Crippen molar-refractivity contribution in [2.24, 2.45) is 0 Å². The molecule has 0 radical (unpaired) electrons. The zero-order valence-electron chi connectivity index (χ0n) is 23.6. The van der Waals surface area contributed by atoms with Gasteiger partial charge in [-0.25, -0.2) is 0 Å². The van der Waals surface area contributed by atoms with Gasteiger partial charge in [-0.05, 0) is 78.7 Å². The maximum absolute atomic E-state index is 13.3. The molecule has 0 saturated heterocycles. The standard InChI is InChI=1S/C32H27ClN4O6S/c1-20-16-27(29(43-2)18-26(20)33)35-30(38)19-44-25-14-10-23(11-15-25)34-32(40)28(36-31(39)22-6-4-3-5-7-22)17-21-8-12-24(13-9-21)37(41)42/h3-18H,19H2,1-2H3,(H,34,40)(H,35,38)(H,36,39)/b28-17-. The highest BCUT2D eigenvalue weighted by Gasteiger charge is 2.16. The number of halogens is 1. The van der Waals surface area contributed by atoms with Gasteiger partial charge in [-0.15, -0.1) is 11.8 Å². The molecule has 4 rings (SSSR count). The average Bonchev–Trinajstić information content (AvgIpc) is 3.02. The molecule has 0 aliphatic rings. The van der Waals surface area contributed by atoms with Crippen molar-refractivity contribution in [1.29, 1.82) is 0 Å². The Morgan fingerprint density at radius 1 is 0.955 bits per heavy atom. The van der Waals surface area contributed by atoms with E-state index in [1.54, 1.807) is 66.7 Å². The number of nitrogens with zero attached hydrogens (tertiary/aromatic N) is 1. The largest absolute Gasteiger partial charge is 0.495 e. The number of carbonyl (C=O) groups excluding carboxylic acids is 3. The summed E-state index contributed by atoms with van der Waals surface area (Å²) in [5.41, 5.74) is 2.45. The second-order valence-corrected chi connectivity index (χ2v) is 10.8. The van der Waals surface area contributed by atoms with Crippen LogP contribution in [0.15, 0.2) is 102 Å². The van der Waals surface area contributed by atoms with Crippen molar-refractivity contribution in [3.05, 3.63) is 129 Å². The second-order valence-electron chi connectivity index (χ2n) is 9.34. The number of nitro groups is 1. The lowest BCUT2D eigenvalue weighted by Gasteiger charge is -2.13. The molecule has 0 saturated carbocycles. The molecule has 0 unspecified atom stereocenters. The number of nitrogens with one attached hydrogen (secondary N) is 3. The average molecular weight is 631 g/mol. The predicted octanol–water partition coefficient (Wildman–Crippen LogP) is 6.71.